The first kappa shape index (κ1) is 26.0. The SMILES string of the molecule is C=CC(=O)NCCCCC(NC(=O)Cc1ccccc1)C(=O)N1CCN(c2cccc(C)c2)CC1. The Kier molecular flexibility index (Phi) is 9.90. The fourth-order valence-corrected chi connectivity index (χ4v) is 4.27. The smallest absolute Gasteiger partial charge is 0.245 e. The molecule has 3 rings (SSSR count). The Morgan fingerprint density at radius 3 is 2.43 bits per heavy atom. The monoisotopic (exact) mass is 476 g/mol. The van der Waals surface area contributed by atoms with Crippen LogP contribution < -0.4 is 15.5 Å². The Balaban J connectivity index is 1.57. The van der Waals surface area contributed by atoms with Gasteiger partial charge in [0.2, 0.25) is 17.7 Å². The molecule has 0 saturated carbocycles. The fourth-order valence-electron chi connectivity index (χ4n) is 4.27. The normalized spacial score (nSPS) is 14.2. The van der Waals surface area contributed by atoms with E-state index < -0.39 is 6.04 Å². The average molecular weight is 477 g/mol. The predicted molar refractivity (Wildman–Crippen MR) is 139 cm³/mol. The summed E-state index contributed by atoms with van der Waals surface area (Å²) in [7, 11) is 0. The van der Waals surface area contributed by atoms with Crippen molar-refractivity contribution >= 4 is 23.4 Å². The maximum Gasteiger partial charge on any atom is 0.245 e. The van der Waals surface area contributed by atoms with Crippen molar-refractivity contribution in [3.05, 3.63) is 78.4 Å². The summed E-state index contributed by atoms with van der Waals surface area (Å²) in [5, 5.41) is 5.73. The predicted octanol–water partition coefficient (Wildman–Crippen LogP) is 2.84. The van der Waals surface area contributed by atoms with Gasteiger partial charge >= 0.3 is 0 Å². The summed E-state index contributed by atoms with van der Waals surface area (Å²) in [5.41, 5.74) is 3.30. The quantitative estimate of drug-likeness (QED) is 0.386. The van der Waals surface area contributed by atoms with Crippen LogP contribution in [-0.2, 0) is 20.8 Å². The third-order valence-electron chi connectivity index (χ3n) is 6.20. The molecule has 1 unspecified atom stereocenters. The molecule has 2 aromatic rings. The number of nitrogens with zero attached hydrogens (tertiary/aromatic N) is 2. The molecule has 1 atom stereocenters. The molecule has 0 aliphatic carbocycles. The summed E-state index contributed by atoms with van der Waals surface area (Å²) in [6, 6.07) is 17.3. The molecule has 35 heavy (non-hydrogen) atoms. The van der Waals surface area contributed by atoms with E-state index in [1.54, 1.807) is 0 Å². The van der Waals surface area contributed by atoms with Crippen LogP contribution in [0.15, 0.2) is 67.3 Å². The highest BCUT2D eigenvalue weighted by atomic mass is 16.2. The lowest BCUT2D eigenvalue weighted by atomic mass is 10.1. The number of aryl methyl sites for hydroxylation is 1. The minimum Gasteiger partial charge on any atom is -0.368 e. The Labute approximate surface area is 208 Å². The number of anilines is 1. The summed E-state index contributed by atoms with van der Waals surface area (Å²) in [6.45, 7) is 8.79. The zero-order valence-electron chi connectivity index (χ0n) is 20.5. The maximum absolute atomic E-state index is 13.4. The van der Waals surface area contributed by atoms with Gasteiger partial charge in [-0.1, -0.05) is 49.0 Å². The number of rotatable bonds is 11. The standard InChI is InChI=1S/C28H36N4O3/c1-3-26(33)29-15-8-7-14-25(30-27(34)21-23-11-5-4-6-12-23)28(35)32-18-16-31(17-19-32)24-13-9-10-22(2)20-24/h3-6,9-13,20,25H,1,7-8,14-19,21H2,2H3,(H,29,33)(H,30,34). The summed E-state index contributed by atoms with van der Waals surface area (Å²) in [5.74, 6) is -0.404. The number of amides is 3. The summed E-state index contributed by atoms with van der Waals surface area (Å²) >= 11 is 0. The van der Waals surface area contributed by atoms with Crippen molar-refractivity contribution in [3.8, 4) is 0 Å². The van der Waals surface area contributed by atoms with Gasteiger partial charge in [0, 0.05) is 38.4 Å². The zero-order chi connectivity index (χ0) is 25.0. The van der Waals surface area contributed by atoms with E-state index in [-0.39, 0.29) is 24.1 Å². The Hall–Kier alpha value is -3.61. The molecule has 7 heteroatoms. The number of unbranched alkanes of at least 4 members (excludes halogenated alkanes) is 1. The van der Waals surface area contributed by atoms with Crippen LogP contribution >= 0.6 is 0 Å². The molecule has 1 fully saturated rings. The molecule has 0 spiro atoms. The van der Waals surface area contributed by atoms with Crippen molar-refractivity contribution in [3.63, 3.8) is 0 Å². The van der Waals surface area contributed by atoms with Crippen molar-refractivity contribution < 1.29 is 14.4 Å². The van der Waals surface area contributed by atoms with E-state index in [9.17, 15) is 14.4 Å². The molecule has 186 valence electrons. The van der Waals surface area contributed by atoms with Crippen molar-refractivity contribution in [1.82, 2.24) is 15.5 Å². The van der Waals surface area contributed by atoms with Gasteiger partial charge in [0.1, 0.15) is 6.04 Å². The minimum atomic E-state index is -0.577. The van der Waals surface area contributed by atoms with Gasteiger partial charge < -0.3 is 20.4 Å². The molecule has 1 aliphatic heterocycles. The summed E-state index contributed by atoms with van der Waals surface area (Å²) < 4.78 is 0. The highest BCUT2D eigenvalue weighted by molar-refractivity contribution is 5.88. The molecule has 3 amide bonds. The number of piperazine rings is 1. The van der Waals surface area contributed by atoms with Crippen LogP contribution in [0.5, 0.6) is 0 Å². The van der Waals surface area contributed by atoms with Gasteiger partial charge in [-0.15, -0.1) is 0 Å². The van der Waals surface area contributed by atoms with Crippen molar-refractivity contribution in [2.45, 2.75) is 38.6 Å². The molecule has 2 N–H and O–H groups in total. The maximum atomic E-state index is 13.4. The molecule has 1 aliphatic rings. The molecule has 7 nitrogen and oxygen atoms in total. The first-order chi connectivity index (χ1) is 17.0. The van der Waals surface area contributed by atoms with E-state index in [2.05, 4.69) is 53.3 Å². The van der Waals surface area contributed by atoms with Crippen LogP contribution in [0.4, 0.5) is 5.69 Å². The zero-order valence-corrected chi connectivity index (χ0v) is 20.5. The second kappa shape index (κ2) is 13.3. The van der Waals surface area contributed by atoms with E-state index >= 15 is 0 Å². The third-order valence-corrected chi connectivity index (χ3v) is 6.20. The minimum absolute atomic E-state index is 0.0366. The lowest BCUT2D eigenvalue weighted by Gasteiger charge is -2.37. The van der Waals surface area contributed by atoms with Crippen LogP contribution in [0.3, 0.4) is 0 Å². The van der Waals surface area contributed by atoms with Crippen molar-refractivity contribution in [2.24, 2.45) is 0 Å². The Morgan fingerprint density at radius 2 is 1.74 bits per heavy atom. The summed E-state index contributed by atoms with van der Waals surface area (Å²) in [6.07, 6.45) is 3.44. The van der Waals surface area contributed by atoms with Gasteiger partial charge in [0.15, 0.2) is 0 Å². The van der Waals surface area contributed by atoms with Crippen molar-refractivity contribution in [1.29, 1.82) is 0 Å². The third kappa shape index (κ3) is 8.28. The van der Waals surface area contributed by atoms with Crippen LogP contribution in [0, 0.1) is 6.92 Å². The number of carbonyl (C=O) groups is 3. The van der Waals surface area contributed by atoms with Gasteiger partial charge in [0.25, 0.3) is 0 Å². The second-order valence-electron chi connectivity index (χ2n) is 8.92. The first-order valence-electron chi connectivity index (χ1n) is 12.3. The largest absolute Gasteiger partial charge is 0.368 e. The molecular formula is C28H36N4O3. The molecule has 2 aromatic carbocycles. The van der Waals surface area contributed by atoms with Crippen molar-refractivity contribution in [2.75, 3.05) is 37.6 Å². The topological polar surface area (TPSA) is 81.8 Å². The highest BCUT2D eigenvalue weighted by Gasteiger charge is 2.28. The first-order valence-corrected chi connectivity index (χ1v) is 12.3. The van der Waals surface area contributed by atoms with E-state index in [4.69, 9.17) is 0 Å². The van der Waals surface area contributed by atoms with E-state index in [1.807, 2.05) is 35.2 Å². The van der Waals surface area contributed by atoms with Gasteiger partial charge in [-0.3, -0.25) is 14.4 Å². The fraction of sp³-hybridized carbons (Fsp3) is 0.393. The number of benzene rings is 2. The Bertz CT molecular complexity index is 1000. The van der Waals surface area contributed by atoms with Gasteiger partial charge in [-0.25, -0.2) is 0 Å². The lowest BCUT2D eigenvalue weighted by molar-refractivity contribution is -0.136. The van der Waals surface area contributed by atoms with Crippen LogP contribution in [0.1, 0.15) is 30.4 Å². The van der Waals surface area contributed by atoms with Gasteiger partial charge in [-0.2, -0.15) is 0 Å². The van der Waals surface area contributed by atoms with Crippen LogP contribution in [0.2, 0.25) is 0 Å². The van der Waals surface area contributed by atoms with E-state index in [0.29, 0.717) is 32.5 Å². The average Bonchev–Trinajstić information content (AvgIpc) is 2.88. The molecular weight excluding hydrogens is 440 g/mol. The molecule has 1 saturated heterocycles. The van der Waals surface area contributed by atoms with Gasteiger partial charge in [0.05, 0.1) is 6.42 Å². The van der Waals surface area contributed by atoms with Crippen LogP contribution in [0.25, 0.3) is 0 Å². The Morgan fingerprint density at radius 1 is 1.00 bits per heavy atom. The van der Waals surface area contributed by atoms with E-state index in [1.165, 1.54) is 17.3 Å². The molecule has 0 radical (unpaired) electrons. The lowest BCUT2D eigenvalue weighted by Crippen LogP contribution is -2.55. The second-order valence-corrected chi connectivity index (χ2v) is 8.92. The number of carbonyl (C=O) groups excluding carboxylic acids is 3. The number of nitrogens with one attached hydrogen (secondary N) is 2. The summed E-state index contributed by atoms with van der Waals surface area (Å²) in [4.78, 5) is 41.6. The molecule has 0 bridgehead atoms. The highest BCUT2D eigenvalue weighted by Crippen LogP contribution is 2.18. The number of hydrogen-bond acceptors (Lipinski definition) is 4. The van der Waals surface area contributed by atoms with E-state index in [0.717, 1.165) is 25.1 Å². The molecule has 0 aromatic heterocycles. The van der Waals surface area contributed by atoms with Gasteiger partial charge in [-0.05, 0) is 55.5 Å². The van der Waals surface area contributed by atoms with Crippen LogP contribution in [-0.4, -0.2) is 61.4 Å². The molecule has 1 heterocycles. The number of hydrogen-bond donors (Lipinski definition) is 2.